The molecule has 0 saturated heterocycles. The van der Waals surface area contributed by atoms with Crippen LogP contribution < -0.4 is 0 Å². The minimum Gasteiger partial charge on any atom is -0.249 e. The van der Waals surface area contributed by atoms with E-state index in [0.29, 0.717) is 0 Å². The van der Waals surface area contributed by atoms with Crippen LogP contribution in [0.1, 0.15) is 0 Å². The standard InChI is InChI=1S/C38H22Br4N4/c39-35-8-4-25(19-43-35)31-13-29(14-32(17-31)26-5-9-36(40)44-20-26)23-2-1-3-24(12-23)30-15-33(27-6-10-37(41)45-21-27)18-34(16-30)28-7-11-38(42)46-22-28/h1-22H. The minimum atomic E-state index is 0.803. The number of benzene rings is 3. The molecule has 4 heterocycles. The first-order chi connectivity index (χ1) is 22.4. The number of pyridine rings is 4. The Hall–Kier alpha value is -3.82. The first-order valence-electron chi connectivity index (χ1n) is 14.3. The van der Waals surface area contributed by atoms with Gasteiger partial charge in [0.05, 0.1) is 0 Å². The van der Waals surface area contributed by atoms with Gasteiger partial charge in [-0.1, -0.05) is 42.5 Å². The maximum Gasteiger partial charge on any atom is 0.106 e. The molecule has 0 bridgehead atoms. The van der Waals surface area contributed by atoms with Crippen LogP contribution in [0.25, 0.3) is 66.8 Å². The first kappa shape index (κ1) is 30.8. The van der Waals surface area contributed by atoms with Crippen LogP contribution in [-0.2, 0) is 0 Å². The van der Waals surface area contributed by atoms with Crippen molar-refractivity contribution in [1.29, 1.82) is 0 Å². The molecule has 0 amide bonds. The van der Waals surface area contributed by atoms with E-state index in [4.69, 9.17) is 0 Å². The van der Waals surface area contributed by atoms with Crippen molar-refractivity contribution in [1.82, 2.24) is 19.9 Å². The summed E-state index contributed by atoms with van der Waals surface area (Å²) in [5, 5.41) is 0. The van der Waals surface area contributed by atoms with E-state index in [1.807, 2.05) is 49.1 Å². The van der Waals surface area contributed by atoms with Gasteiger partial charge in [-0.05, 0) is 175 Å². The predicted octanol–water partition coefficient (Wildman–Crippen LogP) is 12.3. The summed E-state index contributed by atoms with van der Waals surface area (Å²) < 4.78 is 3.21. The van der Waals surface area contributed by atoms with Crippen LogP contribution in [0.2, 0.25) is 0 Å². The molecule has 0 N–H and O–H groups in total. The minimum absolute atomic E-state index is 0.803. The molecule has 7 rings (SSSR count). The average Bonchev–Trinajstić information content (AvgIpc) is 3.09. The van der Waals surface area contributed by atoms with E-state index in [-0.39, 0.29) is 0 Å². The van der Waals surface area contributed by atoms with Crippen molar-refractivity contribution < 1.29 is 0 Å². The molecule has 3 aromatic carbocycles. The van der Waals surface area contributed by atoms with E-state index < -0.39 is 0 Å². The van der Waals surface area contributed by atoms with E-state index >= 15 is 0 Å². The molecule has 0 saturated carbocycles. The second-order valence-electron chi connectivity index (χ2n) is 10.7. The Morgan fingerprint density at radius 3 is 0.739 bits per heavy atom. The van der Waals surface area contributed by atoms with Crippen molar-refractivity contribution in [2.45, 2.75) is 0 Å². The highest BCUT2D eigenvalue weighted by molar-refractivity contribution is 9.11. The lowest BCUT2D eigenvalue weighted by Crippen LogP contribution is -1.90. The molecule has 0 aliphatic heterocycles. The van der Waals surface area contributed by atoms with E-state index in [0.717, 1.165) is 85.2 Å². The molecule has 0 atom stereocenters. The normalized spacial score (nSPS) is 11.0. The van der Waals surface area contributed by atoms with Gasteiger partial charge in [-0.25, -0.2) is 19.9 Å². The number of hydrogen-bond donors (Lipinski definition) is 0. The van der Waals surface area contributed by atoms with E-state index in [1.165, 1.54) is 0 Å². The van der Waals surface area contributed by atoms with Crippen LogP contribution in [-0.4, -0.2) is 19.9 Å². The van der Waals surface area contributed by atoms with Gasteiger partial charge in [-0.15, -0.1) is 0 Å². The second-order valence-corrected chi connectivity index (χ2v) is 13.9. The lowest BCUT2D eigenvalue weighted by atomic mass is 9.91. The van der Waals surface area contributed by atoms with Crippen LogP contribution >= 0.6 is 63.7 Å². The molecular formula is C38H22Br4N4. The molecule has 46 heavy (non-hydrogen) atoms. The molecule has 8 heteroatoms. The highest BCUT2D eigenvalue weighted by Crippen LogP contribution is 2.37. The Kier molecular flexibility index (Phi) is 9.04. The summed E-state index contributed by atoms with van der Waals surface area (Å²) in [6, 6.07) is 38.2. The Bertz CT molecular complexity index is 1880. The summed E-state index contributed by atoms with van der Waals surface area (Å²) in [7, 11) is 0. The molecule has 0 radical (unpaired) electrons. The maximum atomic E-state index is 4.49. The quantitative estimate of drug-likeness (QED) is 0.156. The lowest BCUT2D eigenvalue weighted by Gasteiger charge is -2.14. The van der Waals surface area contributed by atoms with Crippen LogP contribution in [0.15, 0.2) is 152 Å². The summed E-state index contributed by atoms with van der Waals surface area (Å²) >= 11 is 13.9. The maximum absolute atomic E-state index is 4.49. The zero-order valence-corrected chi connectivity index (χ0v) is 30.3. The SMILES string of the molecule is Brc1ccc(-c2cc(-c3ccc(Br)nc3)cc(-c3cccc(-c4cc(-c5ccc(Br)nc5)cc(-c5ccc(Br)nc5)c4)c3)c2)cn1. The molecule has 222 valence electrons. The smallest absolute Gasteiger partial charge is 0.106 e. The van der Waals surface area contributed by atoms with Gasteiger partial charge in [0, 0.05) is 47.0 Å². The molecular weight excluding hydrogens is 832 g/mol. The van der Waals surface area contributed by atoms with E-state index in [2.05, 4.69) is 169 Å². The molecule has 0 aliphatic rings. The first-order valence-corrected chi connectivity index (χ1v) is 17.4. The Balaban J connectivity index is 1.36. The molecule has 4 aromatic heterocycles. The molecule has 0 aliphatic carbocycles. The summed E-state index contributed by atoms with van der Waals surface area (Å²) in [5.41, 5.74) is 12.9. The van der Waals surface area contributed by atoms with Crippen molar-refractivity contribution in [3.8, 4) is 66.8 Å². The summed E-state index contributed by atoms with van der Waals surface area (Å²) in [6.45, 7) is 0. The number of hydrogen-bond acceptors (Lipinski definition) is 4. The lowest BCUT2D eigenvalue weighted by molar-refractivity contribution is 1.27. The van der Waals surface area contributed by atoms with Crippen LogP contribution in [0.5, 0.6) is 0 Å². The molecule has 0 spiro atoms. The number of rotatable bonds is 6. The van der Waals surface area contributed by atoms with Crippen LogP contribution in [0.3, 0.4) is 0 Å². The summed E-state index contributed by atoms with van der Waals surface area (Å²) in [4.78, 5) is 17.9. The molecule has 0 unspecified atom stereocenters. The number of aromatic nitrogens is 4. The number of halogens is 4. The van der Waals surface area contributed by atoms with Crippen LogP contribution in [0.4, 0.5) is 0 Å². The highest BCUT2D eigenvalue weighted by atomic mass is 79.9. The van der Waals surface area contributed by atoms with Gasteiger partial charge in [-0.3, -0.25) is 0 Å². The molecule has 4 nitrogen and oxygen atoms in total. The van der Waals surface area contributed by atoms with Crippen molar-refractivity contribution in [2.24, 2.45) is 0 Å². The van der Waals surface area contributed by atoms with Gasteiger partial charge in [0.1, 0.15) is 18.4 Å². The van der Waals surface area contributed by atoms with E-state index in [1.54, 1.807) is 0 Å². The van der Waals surface area contributed by atoms with Crippen molar-refractivity contribution in [3.63, 3.8) is 0 Å². The topological polar surface area (TPSA) is 51.6 Å². The monoisotopic (exact) mass is 850 g/mol. The third-order valence-corrected chi connectivity index (χ3v) is 9.51. The Labute approximate surface area is 300 Å². The molecule has 7 aromatic rings. The highest BCUT2D eigenvalue weighted by Gasteiger charge is 2.12. The van der Waals surface area contributed by atoms with Gasteiger partial charge < -0.3 is 0 Å². The fraction of sp³-hybridized carbons (Fsp3) is 0. The largest absolute Gasteiger partial charge is 0.249 e. The average molecular weight is 854 g/mol. The van der Waals surface area contributed by atoms with Gasteiger partial charge in [-0.2, -0.15) is 0 Å². The second kappa shape index (κ2) is 13.5. The van der Waals surface area contributed by atoms with Gasteiger partial charge in [0.2, 0.25) is 0 Å². The van der Waals surface area contributed by atoms with Gasteiger partial charge >= 0.3 is 0 Å². The fourth-order valence-electron chi connectivity index (χ4n) is 5.32. The van der Waals surface area contributed by atoms with Crippen molar-refractivity contribution >= 4 is 63.7 Å². The zero-order valence-electron chi connectivity index (χ0n) is 24.0. The van der Waals surface area contributed by atoms with Crippen molar-refractivity contribution in [2.75, 3.05) is 0 Å². The van der Waals surface area contributed by atoms with Crippen LogP contribution in [0, 0.1) is 0 Å². The van der Waals surface area contributed by atoms with Gasteiger partial charge in [0.25, 0.3) is 0 Å². The Morgan fingerprint density at radius 2 is 0.500 bits per heavy atom. The summed E-state index contributed by atoms with van der Waals surface area (Å²) in [5.74, 6) is 0. The third kappa shape index (κ3) is 6.95. The third-order valence-electron chi connectivity index (χ3n) is 7.64. The number of nitrogens with zero attached hydrogens (tertiary/aromatic N) is 4. The summed E-state index contributed by atoms with van der Waals surface area (Å²) in [6.07, 6.45) is 7.57. The van der Waals surface area contributed by atoms with Gasteiger partial charge in [0.15, 0.2) is 0 Å². The zero-order chi connectivity index (χ0) is 31.6. The fourth-order valence-corrected chi connectivity index (χ4v) is 6.26. The predicted molar refractivity (Wildman–Crippen MR) is 201 cm³/mol. The Morgan fingerprint density at radius 1 is 0.261 bits per heavy atom. The van der Waals surface area contributed by atoms with Crippen molar-refractivity contribution in [3.05, 3.63) is 152 Å². The molecule has 0 fully saturated rings. The van der Waals surface area contributed by atoms with E-state index in [9.17, 15) is 0 Å².